The van der Waals surface area contributed by atoms with E-state index in [9.17, 15) is 4.79 Å². The van der Waals surface area contributed by atoms with E-state index in [0.29, 0.717) is 5.02 Å². The summed E-state index contributed by atoms with van der Waals surface area (Å²) in [4.78, 5) is 10.6. The third kappa shape index (κ3) is 5.14. The highest BCUT2D eigenvalue weighted by molar-refractivity contribution is 6.30. The summed E-state index contributed by atoms with van der Waals surface area (Å²) < 4.78 is 0. The SMILES string of the molecule is CC.CNC(CC(=O)O)c1cccc(Cl)c1. The number of hydrogen-bond donors (Lipinski definition) is 2. The van der Waals surface area contributed by atoms with Crippen molar-refractivity contribution in [2.75, 3.05) is 7.05 Å². The highest BCUT2D eigenvalue weighted by Crippen LogP contribution is 2.19. The summed E-state index contributed by atoms with van der Waals surface area (Å²) in [7, 11) is 1.73. The number of hydrogen-bond acceptors (Lipinski definition) is 2. The molecule has 1 rings (SSSR count). The molecule has 0 saturated carbocycles. The van der Waals surface area contributed by atoms with Gasteiger partial charge in [-0.25, -0.2) is 0 Å². The number of aliphatic carboxylic acids is 1. The summed E-state index contributed by atoms with van der Waals surface area (Å²) in [6.45, 7) is 4.00. The minimum absolute atomic E-state index is 0.0524. The van der Waals surface area contributed by atoms with Crippen molar-refractivity contribution in [1.82, 2.24) is 5.32 Å². The third-order valence-corrected chi connectivity index (χ3v) is 2.21. The smallest absolute Gasteiger partial charge is 0.305 e. The number of carboxylic acids is 1. The van der Waals surface area contributed by atoms with Gasteiger partial charge in [0, 0.05) is 11.1 Å². The van der Waals surface area contributed by atoms with E-state index in [4.69, 9.17) is 16.7 Å². The van der Waals surface area contributed by atoms with Crippen molar-refractivity contribution in [3.8, 4) is 0 Å². The van der Waals surface area contributed by atoms with E-state index in [-0.39, 0.29) is 12.5 Å². The predicted molar refractivity (Wildman–Crippen MR) is 66.9 cm³/mol. The fraction of sp³-hybridized carbons (Fsp3) is 0.417. The highest BCUT2D eigenvalue weighted by atomic mass is 35.5. The lowest BCUT2D eigenvalue weighted by Crippen LogP contribution is -2.19. The quantitative estimate of drug-likeness (QED) is 0.854. The van der Waals surface area contributed by atoms with Crippen LogP contribution in [0.15, 0.2) is 24.3 Å². The van der Waals surface area contributed by atoms with Crippen molar-refractivity contribution in [3.05, 3.63) is 34.9 Å². The van der Waals surface area contributed by atoms with Crippen LogP contribution in [0, 0.1) is 0 Å². The van der Waals surface area contributed by atoms with Gasteiger partial charge < -0.3 is 10.4 Å². The summed E-state index contributed by atoms with van der Waals surface area (Å²) in [5, 5.41) is 12.2. The lowest BCUT2D eigenvalue weighted by Gasteiger charge is -2.14. The van der Waals surface area contributed by atoms with Crippen LogP contribution in [0.4, 0.5) is 0 Å². The fourth-order valence-corrected chi connectivity index (χ4v) is 1.48. The Morgan fingerprint density at radius 1 is 1.50 bits per heavy atom. The molecule has 0 amide bonds. The largest absolute Gasteiger partial charge is 0.481 e. The van der Waals surface area contributed by atoms with Crippen molar-refractivity contribution >= 4 is 17.6 Å². The van der Waals surface area contributed by atoms with Gasteiger partial charge in [-0.05, 0) is 24.7 Å². The minimum Gasteiger partial charge on any atom is -0.481 e. The van der Waals surface area contributed by atoms with Crippen LogP contribution in [0.2, 0.25) is 5.02 Å². The number of carboxylic acid groups (broad SMARTS) is 1. The van der Waals surface area contributed by atoms with Crippen molar-refractivity contribution in [2.45, 2.75) is 26.3 Å². The van der Waals surface area contributed by atoms with Gasteiger partial charge in [0.25, 0.3) is 0 Å². The summed E-state index contributed by atoms with van der Waals surface area (Å²) in [6.07, 6.45) is 0.0524. The molecule has 1 atom stereocenters. The molecule has 0 aromatic heterocycles. The molecular weight excluding hydrogens is 226 g/mol. The molecule has 2 N–H and O–H groups in total. The monoisotopic (exact) mass is 243 g/mol. The van der Waals surface area contributed by atoms with Gasteiger partial charge in [0.1, 0.15) is 0 Å². The maximum absolute atomic E-state index is 10.6. The zero-order chi connectivity index (χ0) is 12.6. The first kappa shape index (κ1) is 14.9. The van der Waals surface area contributed by atoms with Crippen LogP contribution in [-0.2, 0) is 4.79 Å². The molecule has 0 aliphatic heterocycles. The lowest BCUT2D eigenvalue weighted by atomic mass is 10.0. The summed E-state index contributed by atoms with van der Waals surface area (Å²) in [6, 6.07) is 7.01. The van der Waals surface area contributed by atoms with Crippen LogP contribution in [0.5, 0.6) is 0 Å². The van der Waals surface area contributed by atoms with Gasteiger partial charge in [-0.15, -0.1) is 0 Å². The maximum atomic E-state index is 10.6. The Balaban J connectivity index is 0.00000106. The molecule has 1 unspecified atom stereocenters. The van der Waals surface area contributed by atoms with Crippen molar-refractivity contribution < 1.29 is 9.90 Å². The van der Waals surface area contributed by atoms with E-state index in [0.717, 1.165) is 5.56 Å². The molecule has 0 spiro atoms. The average molecular weight is 244 g/mol. The van der Waals surface area contributed by atoms with Crippen molar-refractivity contribution in [3.63, 3.8) is 0 Å². The summed E-state index contributed by atoms with van der Waals surface area (Å²) >= 11 is 5.81. The molecule has 0 heterocycles. The van der Waals surface area contributed by atoms with Crippen LogP contribution < -0.4 is 5.32 Å². The van der Waals surface area contributed by atoms with Gasteiger partial charge in [-0.2, -0.15) is 0 Å². The number of nitrogens with one attached hydrogen (secondary N) is 1. The number of halogens is 1. The zero-order valence-corrected chi connectivity index (χ0v) is 10.6. The van der Waals surface area contributed by atoms with Gasteiger partial charge >= 0.3 is 5.97 Å². The first-order valence-corrected chi connectivity index (χ1v) is 5.66. The first-order chi connectivity index (χ1) is 7.63. The molecule has 16 heavy (non-hydrogen) atoms. The molecule has 4 heteroatoms. The summed E-state index contributed by atoms with van der Waals surface area (Å²) in [5.41, 5.74) is 0.891. The van der Waals surface area contributed by atoms with E-state index in [1.54, 1.807) is 19.2 Å². The molecule has 0 bridgehead atoms. The molecule has 0 fully saturated rings. The van der Waals surface area contributed by atoms with Gasteiger partial charge in [0.2, 0.25) is 0 Å². The average Bonchev–Trinajstić information content (AvgIpc) is 2.28. The molecule has 1 aromatic rings. The lowest BCUT2D eigenvalue weighted by molar-refractivity contribution is -0.137. The standard InChI is InChI=1S/C10H12ClNO2.C2H6/c1-12-9(6-10(13)14)7-3-2-4-8(11)5-7;1-2/h2-5,9,12H,6H2,1H3,(H,13,14);1-2H3. The van der Waals surface area contributed by atoms with E-state index < -0.39 is 5.97 Å². The minimum atomic E-state index is -0.829. The van der Waals surface area contributed by atoms with Gasteiger partial charge in [-0.3, -0.25) is 4.79 Å². The van der Waals surface area contributed by atoms with Gasteiger partial charge in [-0.1, -0.05) is 37.6 Å². The molecule has 0 aliphatic rings. The van der Waals surface area contributed by atoms with Crippen LogP contribution in [0.25, 0.3) is 0 Å². The Bertz CT molecular complexity index is 329. The maximum Gasteiger partial charge on any atom is 0.305 e. The Kier molecular flexibility index (Phi) is 7.60. The van der Waals surface area contributed by atoms with Crippen LogP contribution in [0.3, 0.4) is 0 Å². The van der Waals surface area contributed by atoms with Crippen molar-refractivity contribution in [1.29, 1.82) is 0 Å². The topological polar surface area (TPSA) is 49.3 Å². The normalized spacial score (nSPS) is 11.2. The van der Waals surface area contributed by atoms with E-state index in [1.165, 1.54) is 0 Å². The van der Waals surface area contributed by atoms with E-state index in [1.807, 2.05) is 26.0 Å². The zero-order valence-electron chi connectivity index (χ0n) is 9.83. The van der Waals surface area contributed by atoms with E-state index >= 15 is 0 Å². The molecule has 0 radical (unpaired) electrons. The van der Waals surface area contributed by atoms with E-state index in [2.05, 4.69) is 5.32 Å². The molecular formula is C12H18ClNO2. The Morgan fingerprint density at radius 3 is 2.56 bits per heavy atom. The molecule has 3 nitrogen and oxygen atoms in total. The van der Waals surface area contributed by atoms with Crippen LogP contribution in [0.1, 0.15) is 31.9 Å². The number of carbonyl (C=O) groups is 1. The second-order valence-corrected chi connectivity index (χ2v) is 3.43. The number of rotatable bonds is 4. The molecule has 0 aliphatic carbocycles. The Labute approximate surface area is 101 Å². The van der Waals surface area contributed by atoms with Crippen LogP contribution in [-0.4, -0.2) is 18.1 Å². The Hall–Kier alpha value is -1.06. The van der Waals surface area contributed by atoms with Crippen molar-refractivity contribution in [2.24, 2.45) is 0 Å². The molecule has 1 aromatic carbocycles. The second-order valence-electron chi connectivity index (χ2n) is 2.99. The highest BCUT2D eigenvalue weighted by Gasteiger charge is 2.12. The number of benzene rings is 1. The fourth-order valence-electron chi connectivity index (χ4n) is 1.28. The predicted octanol–water partition coefficient (Wildman–Crippen LogP) is 3.10. The van der Waals surface area contributed by atoms with Gasteiger partial charge in [0.05, 0.1) is 6.42 Å². The van der Waals surface area contributed by atoms with Gasteiger partial charge in [0.15, 0.2) is 0 Å². The van der Waals surface area contributed by atoms with Crippen LogP contribution >= 0.6 is 11.6 Å². The first-order valence-electron chi connectivity index (χ1n) is 5.28. The Morgan fingerprint density at radius 2 is 2.12 bits per heavy atom. The second kappa shape index (κ2) is 8.13. The third-order valence-electron chi connectivity index (χ3n) is 1.98. The molecule has 0 saturated heterocycles. The summed E-state index contributed by atoms with van der Waals surface area (Å²) in [5.74, 6) is -0.829. The molecule has 90 valence electrons.